The molecule has 0 fully saturated rings. The maximum absolute atomic E-state index is 15.8. The lowest BCUT2D eigenvalue weighted by Gasteiger charge is -2.20. The van der Waals surface area contributed by atoms with Crippen LogP contribution >= 0.6 is 7.14 Å². The van der Waals surface area contributed by atoms with Crippen molar-refractivity contribution in [2.75, 3.05) is 0 Å². The fraction of sp³-hybridized carbons (Fsp3) is 0. The van der Waals surface area contributed by atoms with Gasteiger partial charge in [-0.3, -0.25) is 9.38 Å². The molecule has 14 rings (SSSR count). The van der Waals surface area contributed by atoms with E-state index in [9.17, 15) is 0 Å². The molecule has 1 unspecified atom stereocenters. The van der Waals surface area contributed by atoms with E-state index in [2.05, 4.69) is 186 Å². The van der Waals surface area contributed by atoms with Crippen molar-refractivity contribution >= 4 is 115 Å². The summed E-state index contributed by atoms with van der Waals surface area (Å²) in [6.45, 7) is 0. The van der Waals surface area contributed by atoms with Crippen LogP contribution in [0.25, 0.3) is 114 Å². The van der Waals surface area contributed by atoms with Gasteiger partial charge in [-0.15, -0.1) is 0 Å². The number of hydrogen-bond acceptors (Lipinski definition) is 3. The second-order valence-electron chi connectivity index (χ2n) is 17.6. The van der Waals surface area contributed by atoms with E-state index in [0.29, 0.717) is 5.44 Å². The quantitative estimate of drug-likeness (QED) is 0.128. The van der Waals surface area contributed by atoms with Crippen molar-refractivity contribution in [2.24, 2.45) is 0 Å². The van der Waals surface area contributed by atoms with Crippen molar-refractivity contribution in [1.82, 2.24) is 14.4 Å². The first kappa shape index (κ1) is 37.9. The summed E-state index contributed by atoms with van der Waals surface area (Å²) in [5, 5.41) is 16.8. The first-order valence-corrected chi connectivity index (χ1v) is 24.4. The highest BCUT2D eigenvalue weighted by molar-refractivity contribution is 7.85. The lowest BCUT2D eigenvalue weighted by atomic mass is 9.93. The zero-order chi connectivity index (χ0) is 44.2. The second kappa shape index (κ2) is 14.5. The third-order valence-electron chi connectivity index (χ3n) is 14.0. The number of nitrogens with zero attached hydrogens (tertiary/aromatic N) is 3. The summed E-state index contributed by atoms with van der Waals surface area (Å²) in [5.74, 6) is 0. The molecule has 67 heavy (non-hydrogen) atoms. The SMILES string of the molecule is O=P(c1ccccc1)(c1ccc2c(ccc3ccccc32)c1)c1ccc(-c2ccc3c(c2)c2c4ccccc4ccc2c2nc4ccc(-c5cc6ccccc6c6ccccc56)cc4n32)cn1. The molecule has 0 radical (unpaired) electrons. The van der Waals surface area contributed by atoms with E-state index in [1.165, 1.54) is 54.0 Å². The van der Waals surface area contributed by atoms with Gasteiger partial charge in [-0.05, 0) is 119 Å². The van der Waals surface area contributed by atoms with Crippen LogP contribution in [-0.4, -0.2) is 14.4 Å². The first-order chi connectivity index (χ1) is 33.1. The fourth-order valence-electron chi connectivity index (χ4n) is 10.8. The summed E-state index contributed by atoms with van der Waals surface area (Å²) in [4.78, 5) is 10.5. The van der Waals surface area contributed by atoms with Gasteiger partial charge in [0.25, 0.3) is 0 Å². The Morgan fingerprint density at radius 3 is 1.79 bits per heavy atom. The van der Waals surface area contributed by atoms with Gasteiger partial charge < -0.3 is 4.57 Å². The molecule has 0 amide bonds. The van der Waals surface area contributed by atoms with E-state index in [1.54, 1.807) is 0 Å². The van der Waals surface area contributed by atoms with Crippen molar-refractivity contribution in [3.05, 3.63) is 231 Å². The topological polar surface area (TPSA) is 47.3 Å². The Hall–Kier alpha value is -8.43. The minimum atomic E-state index is -3.37. The van der Waals surface area contributed by atoms with Crippen LogP contribution in [0, 0.1) is 0 Å². The maximum Gasteiger partial charge on any atom is 0.188 e. The molecule has 3 heterocycles. The van der Waals surface area contributed by atoms with Gasteiger partial charge in [-0.2, -0.15) is 0 Å². The molecule has 0 bridgehead atoms. The molecule has 0 aliphatic carbocycles. The molecule has 0 spiro atoms. The number of imidazole rings is 1. The van der Waals surface area contributed by atoms with Gasteiger partial charge in [-0.25, -0.2) is 4.98 Å². The minimum Gasteiger partial charge on any atom is -0.307 e. The highest BCUT2D eigenvalue weighted by Crippen LogP contribution is 2.44. The van der Waals surface area contributed by atoms with Crippen LogP contribution < -0.4 is 16.0 Å². The van der Waals surface area contributed by atoms with Crippen LogP contribution in [0.2, 0.25) is 0 Å². The van der Waals surface area contributed by atoms with Crippen LogP contribution in [-0.2, 0) is 4.57 Å². The Kier molecular flexibility index (Phi) is 8.22. The molecule has 4 nitrogen and oxygen atoms in total. The van der Waals surface area contributed by atoms with Gasteiger partial charge in [0, 0.05) is 38.5 Å². The Bertz CT molecular complexity index is 4420. The molecule has 1 atom stereocenters. The van der Waals surface area contributed by atoms with Crippen molar-refractivity contribution in [1.29, 1.82) is 0 Å². The molecule has 0 saturated carbocycles. The van der Waals surface area contributed by atoms with Gasteiger partial charge in [0.1, 0.15) is 11.1 Å². The van der Waals surface area contributed by atoms with Crippen molar-refractivity contribution in [3.63, 3.8) is 0 Å². The number of rotatable bonds is 5. The van der Waals surface area contributed by atoms with E-state index in [1.807, 2.05) is 48.7 Å². The Morgan fingerprint density at radius 2 is 0.985 bits per heavy atom. The zero-order valence-corrected chi connectivity index (χ0v) is 37.0. The lowest BCUT2D eigenvalue weighted by Crippen LogP contribution is -2.27. The van der Waals surface area contributed by atoms with Gasteiger partial charge >= 0.3 is 0 Å². The molecule has 312 valence electrons. The molecule has 3 aromatic heterocycles. The van der Waals surface area contributed by atoms with E-state index in [4.69, 9.17) is 9.97 Å². The maximum atomic E-state index is 15.8. The predicted molar refractivity (Wildman–Crippen MR) is 283 cm³/mol. The van der Waals surface area contributed by atoms with Crippen LogP contribution in [0.15, 0.2) is 231 Å². The number of fused-ring (bicyclic) bond motifs is 16. The highest BCUT2D eigenvalue weighted by Gasteiger charge is 2.32. The second-order valence-corrected chi connectivity index (χ2v) is 20.4. The molecule has 14 aromatic rings. The van der Waals surface area contributed by atoms with Crippen molar-refractivity contribution < 1.29 is 4.57 Å². The van der Waals surface area contributed by atoms with Gasteiger partial charge in [-0.1, -0.05) is 176 Å². The largest absolute Gasteiger partial charge is 0.307 e. The monoisotopic (exact) mass is 871 g/mol. The minimum absolute atomic E-state index is 0.557. The molecule has 5 heteroatoms. The van der Waals surface area contributed by atoms with E-state index >= 15 is 4.57 Å². The van der Waals surface area contributed by atoms with Crippen molar-refractivity contribution in [2.45, 2.75) is 0 Å². The highest BCUT2D eigenvalue weighted by atomic mass is 31.2. The van der Waals surface area contributed by atoms with Gasteiger partial charge in [0.05, 0.1) is 16.6 Å². The first-order valence-electron chi connectivity index (χ1n) is 22.7. The van der Waals surface area contributed by atoms with E-state index in [-0.39, 0.29) is 0 Å². The van der Waals surface area contributed by atoms with Crippen LogP contribution in [0.4, 0.5) is 0 Å². The Morgan fingerprint density at radius 1 is 0.373 bits per heavy atom. The molecular weight excluding hydrogens is 834 g/mol. The van der Waals surface area contributed by atoms with E-state index in [0.717, 1.165) is 71.0 Å². The summed E-state index contributed by atoms with van der Waals surface area (Å²) >= 11 is 0. The summed E-state index contributed by atoms with van der Waals surface area (Å²) in [6, 6.07) is 79.0. The average molecular weight is 872 g/mol. The summed E-state index contributed by atoms with van der Waals surface area (Å²) in [5.41, 5.74) is 8.90. The third-order valence-corrected chi connectivity index (χ3v) is 17.0. The molecule has 11 aromatic carbocycles. The summed E-state index contributed by atoms with van der Waals surface area (Å²) in [7, 11) is -3.37. The van der Waals surface area contributed by atoms with E-state index < -0.39 is 7.14 Å². The number of aromatic nitrogens is 3. The normalized spacial score (nSPS) is 13.0. The summed E-state index contributed by atoms with van der Waals surface area (Å²) < 4.78 is 18.1. The third kappa shape index (κ3) is 5.70. The lowest BCUT2D eigenvalue weighted by molar-refractivity contribution is 0.592. The number of pyridine rings is 2. The fourth-order valence-corrected chi connectivity index (χ4v) is 13.3. The molecular formula is C62H38N3OP. The molecule has 0 aliphatic heterocycles. The number of hydrogen-bond donors (Lipinski definition) is 0. The predicted octanol–water partition coefficient (Wildman–Crippen LogP) is 14.9. The zero-order valence-electron chi connectivity index (χ0n) is 36.1. The molecule has 0 saturated heterocycles. The van der Waals surface area contributed by atoms with Gasteiger partial charge in [0.15, 0.2) is 7.14 Å². The number of benzene rings is 11. The molecule has 0 aliphatic rings. The van der Waals surface area contributed by atoms with Crippen LogP contribution in [0.1, 0.15) is 0 Å². The average Bonchev–Trinajstić information content (AvgIpc) is 3.79. The van der Waals surface area contributed by atoms with Crippen LogP contribution in [0.3, 0.4) is 0 Å². The Balaban J connectivity index is 0.951. The van der Waals surface area contributed by atoms with Gasteiger partial charge in [0.2, 0.25) is 0 Å². The van der Waals surface area contributed by atoms with Crippen LogP contribution in [0.5, 0.6) is 0 Å². The standard InChI is InChI=1S/C62H38N3OP/c66-67(46-15-2-1-3-16-46,47-28-30-50-43(34-47)23-22-39-12-4-7-17-48(39)50)60-33-27-45(38-63-60)41-26-32-58-56(35-41)61-51-19-9-5-13-40(51)24-29-54(61)62-64-57-31-25-44(37-59(57)65(58)62)55-36-42-14-6-8-18-49(42)52-20-10-11-21-53(52)55/h1-38H. The van der Waals surface area contributed by atoms with Crippen molar-refractivity contribution in [3.8, 4) is 22.3 Å². The molecule has 0 N–H and O–H groups in total. The summed E-state index contributed by atoms with van der Waals surface area (Å²) in [6.07, 6.45) is 1.90. The Labute approximate surface area is 385 Å². The smallest absolute Gasteiger partial charge is 0.188 e.